The van der Waals surface area contributed by atoms with Gasteiger partial charge in [-0.1, -0.05) is 28.1 Å². The van der Waals surface area contributed by atoms with Crippen molar-refractivity contribution in [1.29, 1.82) is 0 Å². The highest BCUT2D eigenvalue weighted by atomic mass is 79.9. The summed E-state index contributed by atoms with van der Waals surface area (Å²) in [6.45, 7) is 4.66. The van der Waals surface area contributed by atoms with Gasteiger partial charge in [0.05, 0.1) is 11.6 Å². The quantitative estimate of drug-likeness (QED) is 0.888. The topological polar surface area (TPSA) is 45.1 Å². The van der Waals surface area contributed by atoms with E-state index in [4.69, 9.17) is 0 Å². The average Bonchev–Trinajstić information content (AvgIpc) is 2.37. The lowest BCUT2D eigenvalue weighted by atomic mass is 10.1. The minimum Gasteiger partial charge on any atom is -0.393 e. The molecule has 0 saturated carbocycles. The zero-order chi connectivity index (χ0) is 13.8. The number of benzene rings is 1. The Morgan fingerprint density at radius 2 is 2.11 bits per heavy atom. The highest BCUT2D eigenvalue weighted by molar-refractivity contribution is 9.10. The van der Waals surface area contributed by atoms with Crippen molar-refractivity contribution in [3.05, 3.63) is 40.5 Å². The Morgan fingerprint density at radius 3 is 2.84 bits per heavy atom. The van der Waals surface area contributed by atoms with Crippen LogP contribution in [-0.4, -0.2) is 22.2 Å². The monoisotopic (exact) mass is 322 g/mol. The third-order valence-corrected chi connectivity index (χ3v) is 3.83. The number of hydrogen-bond acceptors (Lipinski definition) is 3. The van der Waals surface area contributed by atoms with Crippen molar-refractivity contribution in [3.63, 3.8) is 0 Å². The molecule has 4 heteroatoms. The second-order valence-electron chi connectivity index (χ2n) is 4.97. The first kappa shape index (κ1) is 14.4. The van der Waals surface area contributed by atoms with Crippen LogP contribution in [0.15, 0.2) is 34.9 Å². The standard InChI is InChI=1S/C15H19BrN2O/c1-10(8-11(2)19)18-9-12-5-6-14(16)13-4-3-7-17-15(12)13/h3-7,10-11,18-19H,8-9H2,1-2H3. The van der Waals surface area contributed by atoms with Crippen molar-refractivity contribution in [2.45, 2.75) is 39.0 Å². The zero-order valence-corrected chi connectivity index (χ0v) is 12.8. The van der Waals surface area contributed by atoms with E-state index in [1.165, 1.54) is 5.56 Å². The van der Waals surface area contributed by atoms with Crippen LogP contribution in [0.4, 0.5) is 0 Å². The van der Waals surface area contributed by atoms with Crippen LogP contribution in [0.3, 0.4) is 0 Å². The van der Waals surface area contributed by atoms with Gasteiger partial charge in [-0.05, 0) is 38.0 Å². The van der Waals surface area contributed by atoms with Gasteiger partial charge in [-0.25, -0.2) is 0 Å². The van der Waals surface area contributed by atoms with E-state index >= 15 is 0 Å². The minimum absolute atomic E-state index is 0.276. The molecule has 0 aliphatic rings. The number of hydrogen-bond donors (Lipinski definition) is 2. The van der Waals surface area contributed by atoms with Crippen LogP contribution >= 0.6 is 15.9 Å². The molecule has 0 aliphatic heterocycles. The second-order valence-corrected chi connectivity index (χ2v) is 5.83. The third-order valence-electron chi connectivity index (χ3n) is 3.14. The van der Waals surface area contributed by atoms with E-state index in [9.17, 15) is 5.11 Å². The maximum absolute atomic E-state index is 9.37. The Hall–Kier alpha value is -0.970. The predicted octanol–water partition coefficient (Wildman–Crippen LogP) is 3.25. The first-order valence-corrected chi connectivity index (χ1v) is 7.30. The van der Waals surface area contributed by atoms with Gasteiger partial charge in [0.15, 0.2) is 0 Å². The summed E-state index contributed by atoms with van der Waals surface area (Å²) in [5.41, 5.74) is 2.20. The number of aromatic nitrogens is 1. The summed E-state index contributed by atoms with van der Waals surface area (Å²) in [5, 5.41) is 13.9. The van der Waals surface area contributed by atoms with Gasteiger partial charge in [0.1, 0.15) is 0 Å². The molecular formula is C15H19BrN2O. The predicted molar refractivity (Wildman–Crippen MR) is 82.0 cm³/mol. The number of pyridine rings is 1. The van der Waals surface area contributed by atoms with Crippen LogP contribution in [0.25, 0.3) is 10.9 Å². The smallest absolute Gasteiger partial charge is 0.0758 e. The lowest BCUT2D eigenvalue weighted by molar-refractivity contribution is 0.170. The summed E-state index contributed by atoms with van der Waals surface area (Å²) in [6, 6.07) is 8.43. The van der Waals surface area contributed by atoms with E-state index in [0.29, 0.717) is 0 Å². The molecule has 0 fully saturated rings. The van der Waals surface area contributed by atoms with Gasteiger partial charge in [0.2, 0.25) is 0 Å². The number of nitrogens with one attached hydrogen (secondary N) is 1. The Labute approximate surface area is 122 Å². The first-order valence-electron chi connectivity index (χ1n) is 6.51. The molecule has 102 valence electrons. The third kappa shape index (κ3) is 3.75. The molecule has 0 amide bonds. The first-order chi connectivity index (χ1) is 9.08. The molecule has 0 aliphatic carbocycles. The van der Waals surface area contributed by atoms with Gasteiger partial charge in [0, 0.05) is 28.6 Å². The molecule has 1 aromatic heterocycles. The molecule has 0 radical (unpaired) electrons. The lowest BCUT2D eigenvalue weighted by Gasteiger charge is -2.16. The van der Waals surface area contributed by atoms with E-state index < -0.39 is 0 Å². The van der Waals surface area contributed by atoms with Crippen molar-refractivity contribution in [1.82, 2.24) is 10.3 Å². The molecule has 2 N–H and O–H groups in total. The van der Waals surface area contributed by atoms with Gasteiger partial charge in [0.25, 0.3) is 0 Å². The lowest BCUT2D eigenvalue weighted by Crippen LogP contribution is -2.28. The molecular weight excluding hydrogens is 304 g/mol. The SMILES string of the molecule is CC(O)CC(C)NCc1ccc(Br)c2cccnc12. The molecule has 0 spiro atoms. The molecule has 0 saturated heterocycles. The van der Waals surface area contributed by atoms with Crippen molar-refractivity contribution >= 4 is 26.8 Å². The molecule has 3 nitrogen and oxygen atoms in total. The Balaban J connectivity index is 2.15. The molecule has 1 heterocycles. The maximum atomic E-state index is 9.37. The Bertz CT molecular complexity index is 557. The van der Waals surface area contributed by atoms with Gasteiger partial charge in [-0.2, -0.15) is 0 Å². The Kier molecular flexibility index (Phi) is 4.91. The van der Waals surface area contributed by atoms with E-state index in [-0.39, 0.29) is 12.1 Å². The molecule has 1 aromatic carbocycles. The molecule has 2 aromatic rings. The van der Waals surface area contributed by atoms with E-state index in [1.807, 2.05) is 19.2 Å². The van der Waals surface area contributed by atoms with Crippen LogP contribution in [-0.2, 0) is 6.54 Å². The van der Waals surface area contributed by atoms with E-state index in [2.05, 4.69) is 51.4 Å². The van der Waals surface area contributed by atoms with E-state index in [0.717, 1.165) is 28.3 Å². The van der Waals surface area contributed by atoms with Crippen molar-refractivity contribution in [2.75, 3.05) is 0 Å². The fourth-order valence-corrected chi connectivity index (χ4v) is 2.67. The maximum Gasteiger partial charge on any atom is 0.0758 e. The Morgan fingerprint density at radius 1 is 1.32 bits per heavy atom. The summed E-state index contributed by atoms with van der Waals surface area (Å²) < 4.78 is 1.07. The zero-order valence-electron chi connectivity index (χ0n) is 11.2. The van der Waals surface area contributed by atoms with Gasteiger partial charge >= 0.3 is 0 Å². The van der Waals surface area contributed by atoms with Crippen LogP contribution in [0, 0.1) is 0 Å². The van der Waals surface area contributed by atoms with E-state index in [1.54, 1.807) is 0 Å². The normalized spacial score (nSPS) is 14.5. The van der Waals surface area contributed by atoms with Crippen LogP contribution in [0.2, 0.25) is 0 Å². The van der Waals surface area contributed by atoms with Crippen molar-refractivity contribution < 1.29 is 5.11 Å². The summed E-state index contributed by atoms with van der Waals surface area (Å²) in [5.74, 6) is 0. The number of halogens is 1. The molecule has 2 rings (SSSR count). The van der Waals surface area contributed by atoms with Crippen LogP contribution < -0.4 is 5.32 Å². The summed E-state index contributed by atoms with van der Waals surface area (Å²) >= 11 is 3.55. The number of aliphatic hydroxyl groups is 1. The fourth-order valence-electron chi connectivity index (χ4n) is 2.22. The van der Waals surface area contributed by atoms with Crippen molar-refractivity contribution in [3.8, 4) is 0 Å². The summed E-state index contributed by atoms with van der Waals surface area (Å²) in [6.07, 6.45) is 2.29. The minimum atomic E-state index is -0.276. The molecule has 2 unspecified atom stereocenters. The number of fused-ring (bicyclic) bond motifs is 1. The summed E-state index contributed by atoms with van der Waals surface area (Å²) in [4.78, 5) is 4.46. The van der Waals surface area contributed by atoms with Crippen LogP contribution in [0.5, 0.6) is 0 Å². The molecule has 2 atom stereocenters. The highest BCUT2D eigenvalue weighted by Gasteiger charge is 2.08. The number of nitrogens with zero attached hydrogens (tertiary/aromatic N) is 1. The highest BCUT2D eigenvalue weighted by Crippen LogP contribution is 2.25. The van der Waals surface area contributed by atoms with Crippen molar-refractivity contribution in [2.24, 2.45) is 0 Å². The summed E-state index contributed by atoms with van der Waals surface area (Å²) in [7, 11) is 0. The second kappa shape index (κ2) is 6.46. The molecule has 0 bridgehead atoms. The number of aliphatic hydroxyl groups excluding tert-OH is 1. The van der Waals surface area contributed by atoms with Gasteiger partial charge in [-0.3, -0.25) is 4.98 Å². The van der Waals surface area contributed by atoms with Gasteiger partial charge in [-0.15, -0.1) is 0 Å². The fraction of sp³-hybridized carbons (Fsp3) is 0.400. The number of rotatable bonds is 5. The average molecular weight is 323 g/mol. The molecule has 19 heavy (non-hydrogen) atoms. The largest absolute Gasteiger partial charge is 0.393 e. The van der Waals surface area contributed by atoms with Gasteiger partial charge < -0.3 is 10.4 Å². The van der Waals surface area contributed by atoms with Crippen LogP contribution in [0.1, 0.15) is 25.8 Å².